The number of guanidine groups is 4. The maximum Gasteiger partial charge on any atom is 0.203 e. The van der Waals surface area contributed by atoms with Crippen LogP contribution < -0.4 is 22.1 Å². The van der Waals surface area contributed by atoms with Crippen molar-refractivity contribution in [2.75, 3.05) is 26.2 Å². The molecule has 10 nitrogen and oxygen atoms in total. The van der Waals surface area contributed by atoms with E-state index in [0.29, 0.717) is 11.9 Å². The Kier molecular flexibility index (Phi) is 6.42. The summed E-state index contributed by atoms with van der Waals surface area (Å²) >= 11 is 7.02. The summed E-state index contributed by atoms with van der Waals surface area (Å²) in [6, 6.07) is 15.9. The molecular formula is C22H24Br2N10. The number of hydrogen-bond acceptors (Lipinski definition) is 10. The Bertz CT molecular complexity index is 1110. The second kappa shape index (κ2) is 9.63. The van der Waals surface area contributed by atoms with Gasteiger partial charge in [0.05, 0.1) is 0 Å². The molecule has 2 atom stereocenters. The van der Waals surface area contributed by atoms with Gasteiger partial charge in [0.15, 0.2) is 24.3 Å². The van der Waals surface area contributed by atoms with Crippen LogP contribution in [-0.2, 0) is 0 Å². The van der Waals surface area contributed by atoms with Crippen LogP contribution in [0.2, 0.25) is 0 Å². The molecule has 0 spiro atoms. The van der Waals surface area contributed by atoms with Crippen LogP contribution in [0, 0.1) is 0 Å². The normalized spacial score (nSPS) is 22.6. The number of rotatable bonds is 2. The molecule has 176 valence electrons. The standard InChI is InChI=1S/C22H24Br2N10/c23-15-5-1-3-13(11-15)17-27-19(25)31-21(29-17)33-7-9-34(10-8-33)22-30-18(28-20(26)32-22)14-4-2-6-16(24)12-14/h1-6,11-12,17-18H,7-10H2,(H3,25,27,29,31)(H3,26,28,30,32). The lowest BCUT2D eigenvalue weighted by Gasteiger charge is -2.39. The van der Waals surface area contributed by atoms with Crippen LogP contribution in [0.1, 0.15) is 23.5 Å². The highest BCUT2D eigenvalue weighted by Gasteiger charge is 2.28. The zero-order chi connectivity index (χ0) is 23.7. The minimum Gasteiger partial charge on any atom is -0.370 e. The molecule has 6 N–H and O–H groups in total. The Hall–Kier alpha value is -3.12. The van der Waals surface area contributed by atoms with Crippen molar-refractivity contribution in [3.8, 4) is 0 Å². The van der Waals surface area contributed by atoms with Gasteiger partial charge in [-0.05, 0) is 35.4 Å². The number of benzene rings is 2. The first kappa shape index (κ1) is 22.7. The van der Waals surface area contributed by atoms with Gasteiger partial charge in [-0.25, -0.2) is 20.0 Å². The second-order valence-electron chi connectivity index (χ2n) is 8.02. The number of hydrogen-bond donors (Lipinski definition) is 4. The molecule has 5 rings (SSSR count). The lowest BCUT2D eigenvalue weighted by molar-refractivity contribution is 0.249. The summed E-state index contributed by atoms with van der Waals surface area (Å²) in [7, 11) is 0. The highest BCUT2D eigenvalue weighted by Crippen LogP contribution is 2.26. The first-order valence-corrected chi connectivity index (χ1v) is 12.4. The van der Waals surface area contributed by atoms with E-state index in [1.807, 2.05) is 48.5 Å². The first-order chi connectivity index (χ1) is 16.4. The van der Waals surface area contributed by atoms with Crippen LogP contribution in [0.4, 0.5) is 0 Å². The quantitative estimate of drug-likeness (QED) is 0.425. The minimum absolute atomic E-state index is 0.358. The van der Waals surface area contributed by atoms with E-state index >= 15 is 0 Å². The summed E-state index contributed by atoms with van der Waals surface area (Å²) in [6.07, 6.45) is -0.753. The molecule has 1 fully saturated rings. The van der Waals surface area contributed by atoms with E-state index in [-0.39, 0.29) is 12.3 Å². The zero-order valence-corrected chi connectivity index (χ0v) is 21.4. The third kappa shape index (κ3) is 5.02. The van der Waals surface area contributed by atoms with Gasteiger partial charge >= 0.3 is 0 Å². The highest BCUT2D eigenvalue weighted by molar-refractivity contribution is 9.10. The number of nitrogens with one attached hydrogen (secondary N) is 2. The van der Waals surface area contributed by atoms with Gasteiger partial charge in [0.25, 0.3) is 0 Å². The Labute approximate surface area is 214 Å². The van der Waals surface area contributed by atoms with Crippen molar-refractivity contribution in [1.82, 2.24) is 20.4 Å². The van der Waals surface area contributed by atoms with E-state index in [1.54, 1.807) is 0 Å². The fourth-order valence-corrected chi connectivity index (χ4v) is 4.83. The molecule has 0 bridgehead atoms. The number of halogens is 2. The van der Waals surface area contributed by atoms with E-state index in [0.717, 1.165) is 58.2 Å². The van der Waals surface area contributed by atoms with Gasteiger partial charge in [-0.2, -0.15) is 0 Å². The number of aliphatic imine (C=N–C) groups is 4. The van der Waals surface area contributed by atoms with Gasteiger partial charge in [-0.15, -0.1) is 0 Å². The van der Waals surface area contributed by atoms with Gasteiger partial charge < -0.3 is 21.3 Å². The molecule has 3 heterocycles. The summed E-state index contributed by atoms with van der Waals surface area (Å²) in [5.41, 5.74) is 14.1. The molecule has 0 radical (unpaired) electrons. The fraction of sp³-hybridized carbons (Fsp3) is 0.273. The monoisotopic (exact) mass is 586 g/mol. The largest absolute Gasteiger partial charge is 0.370 e. The topological polar surface area (TPSA) is 132 Å². The number of piperazine rings is 1. The molecule has 2 aromatic rings. The third-order valence-corrected chi connectivity index (χ3v) is 6.65. The van der Waals surface area contributed by atoms with Crippen molar-refractivity contribution < 1.29 is 0 Å². The molecule has 12 heteroatoms. The summed E-state index contributed by atoms with van der Waals surface area (Å²) in [5, 5.41) is 6.24. The van der Waals surface area contributed by atoms with Crippen molar-refractivity contribution in [2.45, 2.75) is 12.3 Å². The lowest BCUT2D eigenvalue weighted by atomic mass is 10.2. The van der Waals surface area contributed by atoms with Crippen LogP contribution in [0.5, 0.6) is 0 Å². The highest BCUT2D eigenvalue weighted by atomic mass is 79.9. The van der Waals surface area contributed by atoms with E-state index in [4.69, 9.17) is 21.5 Å². The molecule has 0 amide bonds. The SMILES string of the molecule is NC1=NC(c2cccc(Br)c2)N=C(N2CCN(C3=NC(c4cccc(Br)c4)N=C(N)N3)CC2)N1. The average molecular weight is 588 g/mol. The van der Waals surface area contributed by atoms with Crippen LogP contribution in [0.15, 0.2) is 77.4 Å². The van der Waals surface area contributed by atoms with Crippen molar-refractivity contribution in [2.24, 2.45) is 31.4 Å². The lowest BCUT2D eigenvalue weighted by Crippen LogP contribution is -2.59. The molecule has 0 aromatic heterocycles. The molecule has 3 aliphatic rings. The smallest absolute Gasteiger partial charge is 0.203 e. The summed E-state index contributed by atoms with van der Waals surface area (Å²) in [5.74, 6) is 2.17. The van der Waals surface area contributed by atoms with Gasteiger partial charge in [0.1, 0.15) is 0 Å². The molecule has 1 saturated heterocycles. The molecule has 0 aliphatic carbocycles. The van der Waals surface area contributed by atoms with Crippen LogP contribution in [0.3, 0.4) is 0 Å². The summed E-state index contributed by atoms with van der Waals surface area (Å²) < 4.78 is 1.96. The molecule has 2 aromatic carbocycles. The molecule has 2 unspecified atom stereocenters. The molecule has 34 heavy (non-hydrogen) atoms. The van der Waals surface area contributed by atoms with E-state index in [2.05, 4.69) is 62.3 Å². The maximum atomic E-state index is 6.09. The molecular weight excluding hydrogens is 564 g/mol. The number of nitrogens with zero attached hydrogens (tertiary/aromatic N) is 6. The predicted octanol–water partition coefficient (Wildman–Crippen LogP) is 2.07. The Balaban J connectivity index is 1.28. The fourth-order valence-electron chi connectivity index (χ4n) is 4.00. The van der Waals surface area contributed by atoms with Gasteiger partial charge in [-0.1, -0.05) is 56.1 Å². The average Bonchev–Trinajstić information content (AvgIpc) is 2.83. The molecule has 3 aliphatic heterocycles. The third-order valence-electron chi connectivity index (χ3n) is 5.66. The summed E-state index contributed by atoms with van der Waals surface area (Å²) in [6.45, 7) is 2.96. The predicted molar refractivity (Wildman–Crippen MR) is 141 cm³/mol. The maximum absolute atomic E-state index is 6.09. The van der Waals surface area contributed by atoms with Gasteiger partial charge in [-0.3, -0.25) is 10.6 Å². The summed E-state index contributed by atoms with van der Waals surface area (Å²) in [4.78, 5) is 22.9. The van der Waals surface area contributed by atoms with Gasteiger partial charge in [0, 0.05) is 35.1 Å². The van der Waals surface area contributed by atoms with Gasteiger partial charge in [0.2, 0.25) is 11.9 Å². The van der Waals surface area contributed by atoms with Crippen LogP contribution in [-0.4, -0.2) is 59.8 Å². The minimum atomic E-state index is -0.377. The Morgan fingerprint density at radius 2 is 1.09 bits per heavy atom. The Morgan fingerprint density at radius 3 is 1.47 bits per heavy atom. The van der Waals surface area contributed by atoms with Crippen LogP contribution in [0.25, 0.3) is 0 Å². The van der Waals surface area contributed by atoms with Crippen LogP contribution >= 0.6 is 31.9 Å². The number of nitrogens with two attached hydrogens (primary N) is 2. The van der Waals surface area contributed by atoms with E-state index in [1.165, 1.54) is 0 Å². The van der Waals surface area contributed by atoms with Crippen molar-refractivity contribution >= 4 is 55.7 Å². The second-order valence-corrected chi connectivity index (χ2v) is 9.85. The first-order valence-electron chi connectivity index (χ1n) is 10.8. The van der Waals surface area contributed by atoms with Crippen molar-refractivity contribution in [3.05, 3.63) is 68.6 Å². The zero-order valence-electron chi connectivity index (χ0n) is 18.2. The van der Waals surface area contributed by atoms with Crippen molar-refractivity contribution in [3.63, 3.8) is 0 Å². The van der Waals surface area contributed by atoms with E-state index in [9.17, 15) is 0 Å². The molecule has 0 saturated carbocycles. The van der Waals surface area contributed by atoms with E-state index < -0.39 is 0 Å². The van der Waals surface area contributed by atoms with Crippen molar-refractivity contribution in [1.29, 1.82) is 0 Å². The Morgan fingerprint density at radius 1 is 0.676 bits per heavy atom.